The van der Waals surface area contributed by atoms with E-state index in [4.69, 9.17) is 0 Å². The zero-order chi connectivity index (χ0) is 16.2. The monoisotopic (exact) mass is 381 g/mol. The highest BCUT2D eigenvalue weighted by molar-refractivity contribution is 6.00. The lowest BCUT2D eigenvalue weighted by atomic mass is 10.0. The van der Waals surface area contributed by atoms with Gasteiger partial charge in [0.2, 0.25) is 0 Å². The number of nitrogens with one attached hydrogen (secondary N) is 3. The van der Waals surface area contributed by atoms with E-state index in [-0.39, 0.29) is 30.7 Å². The van der Waals surface area contributed by atoms with Crippen LogP contribution in [0.1, 0.15) is 21.5 Å². The Morgan fingerprint density at radius 1 is 1.04 bits per heavy atom. The summed E-state index contributed by atoms with van der Waals surface area (Å²) in [4.78, 5) is 12.5. The molecule has 0 atom stereocenters. The minimum absolute atomic E-state index is 0. The maximum atomic E-state index is 12.5. The summed E-state index contributed by atoms with van der Waals surface area (Å²) in [5.74, 6) is 0.531. The number of carbonyl (C=O) groups excluding carboxylic acids is 1. The standard InChI is InChI=1S/C19H23N3O.2ClH/c1-13-6-5-9-17(14(13)2)22-18-8-4-3-7-16(18)19(23)21-12-15-10-20-11-15;;/h3-9,15,20,22H,10-12H2,1-2H3,(H,21,23);2*1H. The fraction of sp³-hybridized carbons (Fsp3) is 0.316. The lowest BCUT2D eigenvalue weighted by Gasteiger charge is -2.27. The summed E-state index contributed by atoms with van der Waals surface area (Å²) in [6.45, 7) is 6.88. The Labute approximate surface area is 161 Å². The Bertz CT molecular complexity index is 718. The summed E-state index contributed by atoms with van der Waals surface area (Å²) >= 11 is 0. The van der Waals surface area contributed by atoms with E-state index >= 15 is 0 Å². The molecular formula is C19H25Cl2N3O. The number of para-hydroxylation sites is 1. The van der Waals surface area contributed by atoms with Gasteiger partial charge in [-0.05, 0) is 43.2 Å². The van der Waals surface area contributed by atoms with Crippen LogP contribution >= 0.6 is 24.8 Å². The second-order valence-corrected chi connectivity index (χ2v) is 6.15. The molecule has 25 heavy (non-hydrogen) atoms. The van der Waals surface area contributed by atoms with Crippen molar-refractivity contribution in [3.05, 3.63) is 59.2 Å². The van der Waals surface area contributed by atoms with Gasteiger partial charge in [-0.3, -0.25) is 4.79 Å². The molecular weight excluding hydrogens is 357 g/mol. The lowest BCUT2D eigenvalue weighted by molar-refractivity contribution is 0.0943. The van der Waals surface area contributed by atoms with E-state index in [1.807, 2.05) is 36.4 Å². The number of benzene rings is 2. The van der Waals surface area contributed by atoms with E-state index in [0.717, 1.165) is 31.0 Å². The number of anilines is 2. The molecule has 0 radical (unpaired) electrons. The summed E-state index contributed by atoms with van der Waals surface area (Å²) in [6, 6.07) is 13.8. The second-order valence-electron chi connectivity index (χ2n) is 6.15. The molecule has 0 saturated carbocycles. The average Bonchev–Trinajstić information content (AvgIpc) is 2.51. The van der Waals surface area contributed by atoms with Crippen LogP contribution in [-0.4, -0.2) is 25.5 Å². The Balaban J connectivity index is 0.00000156. The van der Waals surface area contributed by atoms with Gasteiger partial charge in [-0.2, -0.15) is 0 Å². The van der Waals surface area contributed by atoms with Gasteiger partial charge in [-0.15, -0.1) is 24.8 Å². The SMILES string of the molecule is Cc1cccc(Nc2ccccc2C(=O)NCC2CNC2)c1C.Cl.Cl. The molecule has 0 bridgehead atoms. The molecule has 1 fully saturated rings. The number of hydrogen-bond donors (Lipinski definition) is 3. The zero-order valence-electron chi connectivity index (χ0n) is 14.5. The molecule has 1 aliphatic heterocycles. The van der Waals surface area contributed by atoms with Crippen molar-refractivity contribution in [1.29, 1.82) is 0 Å². The molecule has 4 nitrogen and oxygen atoms in total. The molecule has 1 aliphatic rings. The van der Waals surface area contributed by atoms with Crippen LogP contribution in [0.25, 0.3) is 0 Å². The number of amides is 1. The minimum Gasteiger partial charge on any atom is -0.355 e. The normalized spacial score (nSPS) is 13.0. The predicted molar refractivity (Wildman–Crippen MR) is 109 cm³/mol. The van der Waals surface area contributed by atoms with Crippen LogP contribution in [0.5, 0.6) is 0 Å². The quantitative estimate of drug-likeness (QED) is 0.737. The van der Waals surface area contributed by atoms with Crippen LogP contribution in [0.3, 0.4) is 0 Å². The van der Waals surface area contributed by atoms with E-state index in [1.165, 1.54) is 11.1 Å². The summed E-state index contributed by atoms with van der Waals surface area (Å²) in [5, 5.41) is 9.66. The van der Waals surface area contributed by atoms with Gasteiger partial charge in [-0.25, -0.2) is 0 Å². The number of hydrogen-bond acceptors (Lipinski definition) is 3. The van der Waals surface area contributed by atoms with E-state index in [1.54, 1.807) is 0 Å². The molecule has 3 rings (SSSR count). The molecule has 1 amide bonds. The molecule has 0 aromatic heterocycles. The first-order chi connectivity index (χ1) is 11.1. The first-order valence-electron chi connectivity index (χ1n) is 8.06. The Kier molecular flexibility index (Phi) is 8.23. The van der Waals surface area contributed by atoms with Crippen LogP contribution < -0.4 is 16.0 Å². The smallest absolute Gasteiger partial charge is 0.253 e. The third-order valence-corrected chi connectivity index (χ3v) is 4.46. The molecule has 1 saturated heterocycles. The largest absolute Gasteiger partial charge is 0.355 e. The predicted octanol–water partition coefficient (Wildman–Crippen LogP) is 3.84. The van der Waals surface area contributed by atoms with Gasteiger partial charge < -0.3 is 16.0 Å². The van der Waals surface area contributed by atoms with E-state index in [0.29, 0.717) is 11.5 Å². The number of halogens is 2. The van der Waals surface area contributed by atoms with Crippen molar-refractivity contribution in [3.63, 3.8) is 0 Å². The van der Waals surface area contributed by atoms with Crippen LogP contribution in [0.15, 0.2) is 42.5 Å². The first-order valence-corrected chi connectivity index (χ1v) is 8.06. The summed E-state index contributed by atoms with van der Waals surface area (Å²) in [7, 11) is 0. The average molecular weight is 382 g/mol. The Morgan fingerprint density at radius 3 is 2.40 bits per heavy atom. The van der Waals surface area contributed by atoms with Crippen molar-refractivity contribution in [2.75, 3.05) is 25.0 Å². The van der Waals surface area contributed by atoms with Crippen molar-refractivity contribution >= 4 is 42.1 Å². The molecule has 136 valence electrons. The zero-order valence-corrected chi connectivity index (χ0v) is 16.1. The third-order valence-electron chi connectivity index (χ3n) is 4.46. The van der Waals surface area contributed by atoms with Crippen LogP contribution in [0, 0.1) is 19.8 Å². The maximum absolute atomic E-state index is 12.5. The molecule has 0 spiro atoms. The third kappa shape index (κ3) is 5.11. The van der Waals surface area contributed by atoms with E-state index in [9.17, 15) is 4.79 Å². The first kappa shape index (κ1) is 21.3. The highest BCUT2D eigenvalue weighted by Crippen LogP contribution is 2.25. The second kappa shape index (κ2) is 9.66. The molecule has 3 N–H and O–H groups in total. The number of carbonyl (C=O) groups is 1. The lowest BCUT2D eigenvalue weighted by Crippen LogP contribution is -2.48. The molecule has 0 aliphatic carbocycles. The van der Waals surface area contributed by atoms with Crippen LogP contribution in [-0.2, 0) is 0 Å². The van der Waals surface area contributed by atoms with E-state index in [2.05, 4.69) is 35.9 Å². The molecule has 0 unspecified atom stereocenters. The topological polar surface area (TPSA) is 53.2 Å². The van der Waals surface area contributed by atoms with Crippen molar-refractivity contribution in [2.45, 2.75) is 13.8 Å². The summed E-state index contributed by atoms with van der Waals surface area (Å²) in [5.41, 5.74) is 4.98. The summed E-state index contributed by atoms with van der Waals surface area (Å²) in [6.07, 6.45) is 0. The minimum atomic E-state index is -0.0229. The van der Waals surface area contributed by atoms with Crippen LogP contribution in [0.2, 0.25) is 0 Å². The summed E-state index contributed by atoms with van der Waals surface area (Å²) < 4.78 is 0. The van der Waals surface area contributed by atoms with Crippen LogP contribution in [0.4, 0.5) is 11.4 Å². The van der Waals surface area contributed by atoms with Gasteiger partial charge >= 0.3 is 0 Å². The van der Waals surface area contributed by atoms with Crippen molar-refractivity contribution in [2.24, 2.45) is 5.92 Å². The number of rotatable bonds is 5. The van der Waals surface area contributed by atoms with Crippen molar-refractivity contribution in [1.82, 2.24) is 10.6 Å². The maximum Gasteiger partial charge on any atom is 0.253 e. The van der Waals surface area contributed by atoms with Gasteiger partial charge in [0.25, 0.3) is 5.91 Å². The van der Waals surface area contributed by atoms with Crippen molar-refractivity contribution in [3.8, 4) is 0 Å². The van der Waals surface area contributed by atoms with E-state index < -0.39 is 0 Å². The Hall–Kier alpha value is -1.75. The van der Waals surface area contributed by atoms with Gasteiger partial charge in [-0.1, -0.05) is 24.3 Å². The van der Waals surface area contributed by atoms with Gasteiger partial charge in [0.05, 0.1) is 11.3 Å². The molecule has 2 aromatic carbocycles. The van der Waals surface area contributed by atoms with Gasteiger partial charge in [0.15, 0.2) is 0 Å². The molecule has 1 heterocycles. The van der Waals surface area contributed by atoms with Gasteiger partial charge in [0, 0.05) is 31.2 Å². The fourth-order valence-corrected chi connectivity index (χ4v) is 2.65. The van der Waals surface area contributed by atoms with Gasteiger partial charge in [0.1, 0.15) is 0 Å². The Morgan fingerprint density at radius 2 is 1.72 bits per heavy atom. The molecule has 2 aromatic rings. The molecule has 6 heteroatoms. The number of aryl methyl sites for hydroxylation is 1. The van der Waals surface area contributed by atoms with Crippen molar-refractivity contribution < 1.29 is 4.79 Å². The fourth-order valence-electron chi connectivity index (χ4n) is 2.65. The highest BCUT2D eigenvalue weighted by atomic mass is 35.5. The highest BCUT2D eigenvalue weighted by Gasteiger charge is 2.18.